The molecule has 65 heavy (non-hydrogen) atoms. The van der Waals surface area contributed by atoms with Crippen LogP contribution in [0.25, 0.3) is 62.0 Å². The Kier molecular flexibility index (Phi) is 11.9. The molecule has 7 aromatic rings. The summed E-state index contributed by atoms with van der Waals surface area (Å²) in [6, 6.07) is 54.5. The minimum atomic E-state index is -0.0149. The summed E-state index contributed by atoms with van der Waals surface area (Å²) in [6.07, 6.45) is 32.7. The molecule has 10 rings (SSSR count). The molecule has 0 saturated heterocycles. The van der Waals surface area contributed by atoms with Crippen LogP contribution < -0.4 is 10.4 Å². The number of allylic oxidation sites excluding steroid dienone is 12. The molecule has 3 atom stereocenters. The van der Waals surface area contributed by atoms with E-state index in [1.807, 2.05) is 37.3 Å². The summed E-state index contributed by atoms with van der Waals surface area (Å²) in [7, 11) is 0. The van der Waals surface area contributed by atoms with Crippen molar-refractivity contribution in [3.63, 3.8) is 0 Å². The molecule has 3 aliphatic carbocycles. The first-order valence-electron chi connectivity index (χ1n) is 22.7. The summed E-state index contributed by atoms with van der Waals surface area (Å²) in [5.41, 5.74) is 14.4. The van der Waals surface area contributed by atoms with E-state index in [9.17, 15) is 0 Å². The van der Waals surface area contributed by atoms with Crippen LogP contribution in [0.4, 0.5) is 0 Å². The fourth-order valence-corrected chi connectivity index (χ4v) is 9.85. The van der Waals surface area contributed by atoms with E-state index < -0.39 is 0 Å². The third-order valence-corrected chi connectivity index (χ3v) is 12.9. The van der Waals surface area contributed by atoms with Crippen LogP contribution in [0.15, 0.2) is 218 Å². The van der Waals surface area contributed by atoms with Crippen LogP contribution in [0.1, 0.15) is 60.8 Å². The van der Waals surface area contributed by atoms with Crippen molar-refractivity contribution in [1.82, 2.24) is 15.0 Å². The molecule has 0 saturated carbocycles. The zero-order valence-corrected chi connectivity index (χ0v) is 36.6. The molecular weight excluding hydrogens is 787 g/mol. The molecule has 0 N–H and O–H groups in total. The van der Waals surface area contributed by atoms with Gasteiger partial charge in [0.15, 0.2) is 17.5 Å². The van der Waals surface area contributed by atoms with Gasteiger partial charge in [0.25, 0.3) is 0 Å². The lowest BCUT2D eigenvalue weighted by Gasteiger charge is -2.31. The number of aromatic nitrogens is 3. The number of fused-ring (bicyclic) bond motifs is 1. The summed E-state index contributed by atoms with van der Waals surface area (Å²) < 4.78 is 0. The van der Waals surface area contributed by atoms with Crippen molar-refractivity contribution in [2.45, 2.75) is 38.0 Å². The summed E-state index contributed by atoms with van der Waals surface area (Å²) >= 11 is 0. The van der Waals surface area contributed by atoms with Crippen molar-refractivity contribution >= 4 is 17.2 Å². The molecule has 0 aliphatic heterocycles. The molecule has 0 bridgehead atoms. The van der Waals surface area contributed by atoms with E-state index in [-0.39, 0.29) is 17.8 Å². The Labute approximate surface area is 382 Å². The number of hydrogen-bond acceptors (Lipinski definition) is 3. The number of hydrogen-bond donors (Lipinski definition) is 0. The maximum atomic E-state index is 5.70. The highest BCUT2D eigenvalue weighted by Gasteiger charge is 2.31. The van der Waals surface area contributed by atoms with Gasteiger partial charge in [-0.25, -0.2) is 15.0 Å². The van der Waals surface area contributed by atoms with Gasteiger partial charge in [0.2, 0.25) is 0 Å². The van der Waals surface area contributed by atoms with E-state index >= 15 is 0 Å². The van der Waals surface area contributed by atoms with Gasteiger partial charge < -0.3 is 0 Å². The van der Waals surface area contributed by atoms with Crippen LogP contribution in [0, 0.1) is 18.3 Å². The molecule has 0 fully saturated rings. The Morgan fingerprint density at radius 1 is 0.631 bits per heavy atom. The molecule has 6 aromatic carbocycles. The number of benzene rings is 6. The normalized spacial score (nSPS) is 17.9. The van der Waals surface area contributed by atoms with Gasteiger partial charge in [0.05, 0.1) is 0 Å². The Hall–Kier alpha value is -7.93. The van der Waals surface area contributed by atoms with Gasteiger partial charge in [-0.2, -0.15) is 0 Å². The average molecular weight is 836 g/mol. The molecule has 1 heterocycles. The topological polar surface area (TPSA) is 38.7 Å². The average Bonchev–Trinajstić information content (AvgIpc) is 3.39. The van der Waals surface area contributed by atoms with Crippen LogP contribution in [0.3, 0.4) is 0 Å². The first-order valence-corrected chi connectivity index (χ1v) is 22.7. The number of terminal acetylenes is 1. The highest BCUT2D eigenvalue weighted by Crippen LogP contribution is 2.50. The smallest absolute Gasteiger partial charge is 0.164 e. The van der Waals surface area contributed by atoms with E-state index in [4.69, 9.17) is 21.4 Å². The molecule has 312 valence electrons. The molecule has 1 aromatic heterocycles. The summed E-state index contributed by atoms with van der Waals surface area (Å²) in [5, 5.41) is 2.32. The van der Waals surface area contributed by atoms with Crippen molar-refractivity contribution in [3.8, 4) is 57.1 Å². The van der Waals surface area contributed by atoms with Gasteiger partial charge in [-0.15, -0.1) is 6.42 Å². The third-order valence-electron chi connectivity index (χ3n) is 12.9. The largest absolute Gasteiger partial charge is 0.208 e. The Bertz CT molecular complexity index is 3240. The van der Waals surface area contributed by atoms with E-state index in [1.165, 1.54) is 55.3 Å². The molecule has 0 spiro atoms. The van der Waals surface area contributed by atoms with Crippen molar-refractivity contribution in [1.29, 1.82) is 0 Å². The standard InChI is InChI=1S/C62H49N3/c1-3-5-24-43(4-2)60-63-61(49-34-19-10-20-35-49)65-62(64-60)59-52-38-22-21-27-45(52)39-40-53(59)50-36-23-37-51(41-50)55-42-54(44-25-11-6-12-26-44)56(46-28-13-7-14-29-46)58(48-32-17-9-18-33-48)57(55)47-30-15-8-16-31-47/h1,4-28,30-36,38-39,41-42,46,51,53H,29,37,40H2,2H3/b24-5-,43-4+. The molecule has 3 heteroatoms. The van der Waals surface area contributed by atoms with Gasteiger partial charge in [-0.1, -0.05) is 206 Å². The predicted octanol–water partition coefficient (Wildman–Crippen LogP) is 13.4. The molecule has 0 radical (unpaired) electrons. The first-order chi connectivity index (χ1) is 32.2. The Balaban J connectivity index is 1.21. The summed E-state index contributed by atoms with van der Waals surface area (Å²) in [5.74, 6) is 4.81. The van der Waals surface area contributed by atoms with Crippen molar-refractivity contribution < 1.29 is 0 Å². The zero-order chi connectivity index (χ0) is 44.0. The van der Waals surface area contributed by atoms with Crippen LogP contribution in [0.5, 0.6) is 0 Å². The van der Waals surface area contributed by atoms with E-state index in [2.05, 4.69) is 188 Å². The fraction of sp³-hybridized carbons (Fsp3) is 0.113. The lowest BCUT2D eigenvalue weighted by molar-refractivity contribution is 0.761. The predicted molar refractivity (Wildman–Crippen MR) is 271 cm³/mol. The second kappa shape index (κ2) is 18.8. The molecule has 3 unspecified atom stereocenters. The maximum absolute atomic E-state index is 5.70. The second-order valence-electron chi connectivity index (χ2n) is 16.8. The van der Waals surface area contributed by atoms with Crippen LogP contribution >= 0.6 is 0 Å². The van der Waals surface area contributed by atoms with Gasteiger partial charge >= 0.3 is 0 Å². The minimum absolute atomic E-state index is 0.0149. The SMILES string of the molecule is C#C/C=C\C(=C/C)c1nc(C2=c3ccccc3=CCC2C2=CC(c3cc(-c4ccccc4)c(C4C=CC=CC4)c(-c4ccccc4)c3-c3ccccc3)CC=C2)nc(-c2ccccc2)n1. The summed E-state index contributed by atoms with van der Waals surface area (Å²) in [4.78, 5) is 15.7. The summed E-state index contributed by atoms with van der Waals surface area (Å²) in [6.45, 7) is 1.99. The van der Waals surface area contributed by atoms with E-state index in [0.717, 1.165) is 41.2 Å². The zero-order valence-electron chi connectivity index (χ0n) is 36.6. The Morgan fingerprint density at radius 2 is 1.26 bits per heavy atom. The van der Waals surface area contributed by atoms with Crippen LogP contribution in [-0.2, 0) is 0 Å². The van der Waals surface area contributed by atoms with Crippen molar-refractivity contribution in [3.05, 3.63) is 251 Å². The minimum Gasteiger partial charge on any atom is -0.208 e. The van der Waals surface area contributed by atoms with Crippen molar-refractivity contribution in [2.75, 3.05) is 0 Å². The fourth-order valence-electron chi connectivity index (χ4n) is 9.85. The lowest BCUT2D eigenvalue weighted by Crippen LogP contribution is -2.34. The molecule has 3 nitrogen and oxygen atoms in total. The quantitative estimate of drug-likeness (QED) is 0.102. The van der Waals surface area contributed by atoms with Crippen molar-refractivity contribution in [2.24, 2.45) is 5.92 Å². The molecular formula is C62H49N3. The van der Waals surface area contributed by atoms with Gasteiger partial charge in [-0.05, 0) is 105 Å². The molecule has 0 amide bonds. The molecule has 3 aliphatic rings. The Morgan fingerprint density at radius 3 is 1.94 bits per heavy atom. The highest BCUT2D eigenvalue weighted by molar-refractivity contribution is 5.94. The van der Waals surface area contributed by atoms with Gasteiger partial charge in [0.1, 0.15) is 0 Å². The number of rotatable bonds is 10. The second-order valence-corrected chi connectivity index (χ2v) is 16.8. The van der Waals surface area contributed by atoms with E-state index in [0.29, 0.717) is 17.5 Å². The number of nitrogens with zero attached hydrogens (tertiary/aromatic N) is 3. The first kappa shape index (κ1) is 41.1. The van der Waals surface area contributed by atoms with E-state index in [1.54, 1.807) is 6.08 Å². The van der Waals surface area contributed by atoms with Gasteiger partial charge in [-0.3, -0.25) is 0 Å². The maximum Gasteiger partial charge on any atom is 0.164 e. The van der Waals surface area contributed by atoms with Crippen LogP contribution in [0.2, 0.25) is 0 Å². The lowest BCUT2D eigenvalue weighted by atomic mass is 9.72. The van der Waals surface area contributed by atoms with Gasteiger partial charge in [0, 0.05) is 34.5 Å². The third kappa shape index (κ3) is 8.36. The highest BCUT2D eigenvalue weighted by atomic mass is 15.0. The van der Waals surface area contributed by atoms with Crippen LogP contribution in [-0.4, -0.2) is 15.0 Å². The monoisotopic (exact) mass is 835 g/mol.